The smallest absolute Gasteiger partial charge is 0.151 e. The summed E-state index contributed by atoms with van der Waals surface area (Å²) in [7, 11) is 1.90. The van der Waals surface area contributed by atoms with Gasteiger partial charge in [0.15, 0.2) is 6.29 Å². The van der Waals surface area contributed by atoms with Gasteiger partial charge in [-0.15, -0.1) is 0 Å². The number of nitrogens with zero attached hydrogens (tertiary/aromatic N) is 2. The summed E-state index contributed by atoms with van der Waals surface area (Å²) < 4.78 is 0. The van der Waals surface area contributed by atoms with Crippen LogP contribution in [0, 0.1) is 0 Å². The largest absolute Gasteiger partial charge is 0.298 e. The van der Waals surface area contributed by atoms with Gasteiger partial charge in [0, 0.05) is 12.6 Å². The Morgan fingerprint density at radius 3 is 2.64 bits per heavy atom. The minimum absolute atomic E-state index is 0.753. The molecule has 0 N–H and O–H groups in total. The Labute approximate surface area is 66.4 Å². The number of rotatable bonds is 1. The first-order valence-electron chi connectivity index (χ1n) is 3.56. The van der Waals surface area contributed by atoms with Crippen LogP contribution in [0.4, 0.5) is 0 Å². The first kappa shape index (κ1) is 7.98. The van der Waals surface area contributed by atoms with E-state index in [9.17, 15) is 4.79 Å². The molecule has 0 saturated carbocycles. The Morgan fingerprint density at radius 2 is 2.18 bits per heavy atom. The quantitative estimate of drug-likeness (QED) is 0.521. The van der Waals surface area contributed by atoms with Gasteiger partial charge < -0.3 is 0 Å². The number of hydrogen-bond donors (Lipinski definition) is 0. The second kappa shape index (κ2) is 2.86. The fraction of sp³-hybridized carbons (Fsp3) is 0.500. The molecule has 0 saturated heterocycles. The van der Waals surface area contributed by atoms with E-state index in [4.69, 9.17) is 0 Å². The van der Waals surface area contributed by atoms with Crippen molar-refractivity contribution in [3.63, 3.8) is 0 Å². The maximum atomic E-state index is 10.5. The summed E-state index contributed by atoms with van der Waals surface area (Å²) >= 11 is 0. The third kappa shape index (κ3) is 1.48. The second-order valence-corrected chi connectivity index (χ2v) is 2.81. The van der Waals surface area contributed by atoms with E-state index < -0.39 is 0 Å². The van der Waals surface area contributed by atoms with E-state index in [0.29, 0.717) is 0 Å². The molecule has 1 aliphatic heterocycles. The molecule has 0 spiro atoms. The molecule has 0 bridgehead atoms. The maximum absolute atomic E-state index is 10.5. The van der Waals surface area contributed by atoms with Gasteiger partial charge in [0.05, 0.1) is 12.3 Å². The Bertz CT molecular complexity index is 240. The highest BCUT2D eigenvalue weighted by Crippen LogP contribution is 2.11. The molecule has 0 aliphatic carbocycles. The Kier molecular flexibility index (Phi) is 2.08. The van der Waals surface area contributed by atoms with E-state index in [0.717, 1.165) is 29.7 Å². The molecule has 60 valence electrons. The Hall–Kier alpha value is -1.12. The van der Waals surface area contributed by atoms with E-state index in [1.165, 1.54) is 0 Å². The van der Waals surface area contributed by atoms with Crippen molar-refractivity contribution in [2.24, 2.45) is 5.10 Å². The average molecular weight is 152 g/mol. The molecule has 0 aromatic carbocycles. The topological polar surface area (TPSA) is 32.7 Å². The van der Waals surface area contributed by atoms with Crippen LogP contribution in [0.2, 0.25) is 0 Å². The van der Waals surface area contributed by atoms with E-state index in [1.54, 1.807) is 0 Å². The lowest BCUT2D eigenvalue weighted by Crippen LogP contribution is -2.23. The van der Waals surface area contributed by atoms with Gasteiger partial charge in [-0.25, -0.2) is 0 Å². The van der Waals surface area contributed by atoms with Crippen LogP contribution in [0.25, 0.3) is 0 Å². The van der Waals surface area contributed by atoms with E-state index in [1.807, 2.05) is 25.9 Å². The van der Waals surface area contributed by atoms with E-state index >= 15 is 0 Å². The van der Waals surface area contributed by atoms with Crippen LogP contribution in [-0.4, -0.2) is 30.6 Å². The monoisotopic (exact) mass is 152 g/mol. The molecule has 3 heteroatoms. The van der Waals surface area contributed by atoms with Gasteiger partial charge in [-0.3, -0.25) is 9.80 Å². The summed E-state index contributed by atoms with van der Waals surface area (Å²) in [6, 6.07) is 0. The van der Waals surface area contributed by atoms with Crippen LogP contribution in [0.5, 0.6) is 0 Å². The maximum Gasteiger partial charge on any atom is 0.151 e. The number of likely N-dealkylation sites (N-methyl/N-ethyl adjacent to an activating group) is 1. The zero-order chi connectivity index (χ0) is 8.43. The first-order valence-corrected chi connectivity index (χ1v) is 3.56. The summed E-state index contributed by atoms with van der Waals surface area (Å²) in [6.45, 7) is 4.56. The molecule has 3 nitrogen and oxygen atoms in total. The third-order valence-electron chi connectivity index (χ3n) is 1.75. The molecule has 1 heterocycles. The lowest BCUT2D eigenvalue weighted by atomic mass is 10.1. The number of aldehydes is 1. The predicted molar refractivity (Wildman–Crippen MR) is 44.5 cm³/mol. The molecule has 0 aromatic rings. The number of allylic oxidation sites excluding steroid dienone is 1. The van der Waals surface area contributed by atoms with Crippen LogP contribution in [0.3, 0.4) is 0 Å². The van der Waals surface area contributed by atoms with Crippen molar-refractivity contribution in [2.45, 2.75) is 13.8 Å². The van der Waals surface area contributed by atoms with Crippen molar-refractivity contribution in [1.29, 1.82) is 0 Å². The van der Waals surface area contributed by atoms with Crippen LogP contribution in [0.1, 0.15) is 13.8 Å². The van der Waals surface area contributed by atoms with Crippen LogP contribution < -0.4 is 0 Å². The zero-order valence-corrected chi connectivity index (χ0v) is 7.09. The third-order valence-corrected chi connectivity index (χ3v) is 1.75. The summed E-state index contributed by atoms with van der Waals surface area (Å²) in [4.78, 5) is 10.5. The van der Waals surface area contributed by atoms with Crippen molar-refractivity contribution in [1.82, 2.24) is 5.01 Å². The average Bonchev–Trinajstić information content (AvgIpc) is 1.85. The molecule has 1 aliphatic rings. The molecule has 0 radical (unpaired) electrons. The van der Waals surface area contributed by atoms with E-state index in [2.05, 4.69) is 5.10 Å². The highest BCUT2D eigenvalue weighted by atomic mass is 16.1. The van der Waals surface area contributed by atoms with Gasteiger partial charge in [0.25, 0.3) is 0 Å². The molecule has 0 unspecified atom stereocenters. The van der Waals surface area contributed by atoms with Gasteiger partial charge in [-0.2, -0.15) is 5.10 Å². The van der Waals surface area contributed by atoms with Gasteiger partial charge in [0.2, 0.25) is 0 Å². The molecule has 1 rings (SSSR count). The summed E-state index contributed by atoms with van der Waals surface area (Å²) in [6.07, 6.45) is 0.876. The first-order chi connectivity index (χ1) is 5.15. The number of carbonyl (C=O) groups is 1. The normalized spacial score (nSPS) is 18.5. The highest BCUT2D eigenvalue weighted by molar-refractivity contribution is 6.14. The predicted octanol–water partition coefficient (Wildman–Crippen LogP) is 0.823. The summed E-state index contributed by atoms with van der Waals surface area (Å²) in [5.74, 6) is 0. The molecule has 0 amide bonds. The number of carbonyl (C=O) groups excluding carboxylic acids is 1. The molecular formula is C8H12N2O. The van der Waals surface area contributed by atoms with Gasteiger partial charge in [0.1, 0.15) is 0 Å². The minimum Gasteiger partial charge on any atom is -0.298 e. The standard InChI is InChI=1S/C8H12N2O/c1-6-4-10(3)9-7(2)8(6)5-11/h5H,4H2,1-3H3. The van der Waals surface area contributed by atoms with Crippen LogP contribution in [0.15, 0.2) is 16.2 Å². The molecular weight excluding hydrogens is 140 g/mol. The van der Waals surface area contributed by atoms with Crippen LogP contribution >= 0.6 is 0 Å². The van der Waals surface area contributed by atoms with Crippen LogP contribution in [-0.2, 0) is 4.79 Å². The zero-order valence-electron chi connectivity index (χ0n) is 7.09. The Morgan fingerprint density at radius 1 is 1.55 bits per heavy atom. The van der Waals surface area contributed by atoms with E-state index in [-0.39, 0.29) is 0 Å². The highest BCUT2D eigenvalue weighted by Gasteiger charge is 2.12. The SMILES string of the molecule is CC1=NN(C)CC(C)=C1C=O. The fourth-order valence-corrected chi connectivity index (χ4v) is 1.27. The van der Waals surface area contributed by atoms with Crippen molar-refractivity contribution in [3.05, 3.63) is 11.1 Å². The van der Waals surface area contributed by atoms with Crippen molar-refractivity contribution >= 4 is 12.0 Å². The van der Waals surface area contributed by atoms with Gasteiger partial charge in [-0.1, -0.05) is 0 Å². The molecule has 0 atom stereocenters. The summed E-state index contributed by atoms with van der Waals surface area (Å²) in [5, 5.41) is 5.98. The van der Waals surface area contributed by atoms with Gasteiger partial charge >= 0.3 is 0 Å². The lowest BCUT2D eigenvalue weighted by molar-refractivity contribution is -0.104. The Balaban J connectivity index is 2.99. The second-order valence-electron chi connectivity index (χ2n) is 2.81. The molecule has 0 aromatic heterocycles. The van der Waals surface area contributed by atoms with Crippen molar-refractivity contribution in [2.75, 3.05) is 13.6 Å². The van der Waals surface area contributed by atoms with Crippen molar-refractivity contribution < 1.29 is 4.79 Å². The molecule has 0 fully saturated rings. The van der Waals surface area contributed by atoms with Crippen molar-refractivity contribution in [3.8, 4) is 0 Å². The molecule has 11 heavy (non-hydrogen) atoms. The number of hydrogen-bond acceptors (Lipinski definition) is 3. The lowest BCUT2D eigenvalue weighted by Gasteiger charge is -2.21. The summed E-state index contributed by atoms with van der Waals surface area (Å²) in [5.41, 5.74) is 2.66. The number of hydrazone groups is 1. The fourth-order valence-electron chi connectivity index (χ4n) is 1.27. The van der Waals surface area contributed by atoms with Gasteiger partial charge in [-0.05, 0) is 19.4 Å². The minimum atomic E-state index is 0.753.